The lowest BCUT2D eigenvalue weighted by Gasteiger charge is -2.09. The SMILES string of the molecule is Cc1c(-c2cccc(NC(=O)Nc3cccc(Cl)c3)c2)nc2ncccn12. The zero-order chi connectivity index (χ0) is 18.8. The van der Waals surface area contributed by atoms with Crippen molar-refractivity contribution in [3.8, 4) is 11.3 Å². The molecule has 4 rings (SSSR count). The number of hydrogen-bond donors (Lipinski definition) is 2. The Balaban J connectivity index is 1.57. The molecule has 4 aromatic rings. The van der Waals surface area contributed by atoms with Gasteiger partial charge in [-0.15, -0.1) is 0 Å². The van der Waals surface area contributed by atoms with Crippen LogP contribution in [0.25, 0.3) is 17.0 Å². The molecule has 0 atom stereocenters. The molecule has 6 nitrogen and oxygen atoms in total. The molecule has 2 heterocycles. The van der Waals surface area contributed by atoms with Crippen molar-refractivity contribution in [1.29, 1.82) is 0 Å². The van der Waals surface area contributed by atoms with E-state index in [1.165, 1.54) is 0 Å². The molecule has 0 saturated heterocycles. The van der Waals surface area contributed by atoms with Crippen LogP contribution in [-0.4, -0.2) is 20.4 Å². The number of rotatable bonds is 3. The average Bonchev–Trinajstić information content (AvgIpc) is 2.99. The highest BCUT2D eigenvalue weighted by Crippen LogP contribution is 2.25. The van der Waals surface area contributed by atoms with Crippen molar-refractivity contribution in [3.63, 3.8) is 0 Å². The van der Waals surface area contributed by atoms with Gasteiger partial charge < -0.3 is 10.6 Å². The van der Waals surface area contributed by atoms with Crippen LogP contribution in [0.5, 0.6) is 0 Å². The first kappa shape index (κ1) is 17.1. The number of fused-ring (bicyclic) bond motifs is 1. The number of benzene rings is 2. The molecule has 27 heavy (non-hydrogen) atoms. The lowest BCUT2D eigenvalue weighted by molar-refractivity contribution is 0.262. The number of aryl methyl sites for hydroxylation is 1. The maximum absolute atomic E-state index is 12.3. The van der Waals surface area contributed by atoms with E-state index in [9.17, 15) is 4.79 Å². The summed E-state index contributed by atoms with van der Waals surface area (Å²) in [6.07, 6.45) is 3.64. The number of urea groups is 1. The number of imidazole rings is 1. The van der Waals surface area contributed by atoms with Gasteiger partial charge in [-0.1, -0.05) is 29.8 Å². The third-order valence-electron chi connectivity index (χ3n) is 4.12. The molecule has 2 aromatic carbocycles. The molecular weight excluding hydrogens is 362 g/mol. The maximum Gasteiger partial charge on any atom is 0.323 e. The second-order valence-electron chi connectivity index (χ2n) is 6.01. The van der Waals surface area contributed by atoms with Crippen molar-refractivity contribution in [2.24, 2.45) is 0 Å². The molecule has 0 fully saturated rings. The van der Waals surface area contributed by atoms with Gasteiger partial charge in [0.1, 0.15) is 0 Å². The molecule has 0 aliphatic heterocycles. The summed E-state index contributed by atoms with van der Waals surface area (Å²) in [7, 11) is 0. The third kappa shape index (κ3) is 3.61. The highest BCUT2D eigenvalue weighted by Gasteiger charge is 2.12. The van der Waals surface area contributed by atoms with Crippen molar-refractivity contribution in [2.45, 2.75) is 6.92 Å². The van der Waals surface area contributed by atoms with Crippen molar-refractivity contribution >= 4 is 34.8 Å². The summed E-state index contributed by atoms with van der Waals surface area (Å²) in [5.41, 5.74) is 4.00. The van der Waals surface area contributed by atoms with E-state index >= 15 is 0 Å². The van der Waals surface area contributed by atoms with E-state index in [-0.39, 0.29) is 6.03 Å². The Morgan fingerprint density at radius 3 is 2.52 bits per heavy atom. The van der Waals surface area contributed by atoms with Gasteiger partial charge in [0.15, 0.2) is 0 Å². The fourth-order valence-electron chi connectivity index (χ4n) is 2.88. The van der Waals surface area contributed by atoms with Crippen LogP contribution in [0.3, 0.4) is 0 Å². The van der Waals surface area contributed by atoms with Crippen LogP contribution in [0.4, 0.5) is 16.2 Å². The third-order valence-corrected chi connectivity index (χ3v) is 4.35. The van der Waals surface area contributed by atoms with Crippen LogP contribution in [0.15, 0.2) is 67.0 Å². The Morgan fingerprint density at radius 1 is 1.04 bits per heavy atom. The zero-order valence-corrected chi connectivity index (χ0v) is 15.2. The van der Waals surface area contributed by atoms with Gasteiger partial charge in [-0.3, -0.25) is 4.40 Å². The molecule has 2 N–H and O–H groups in total. The number of nitrogens with one attached hydrogen (secondary N) is 2. The summed E-state index contributed by atoms with van der Waals surface area (Å²) in [6, 6.07) is 16.0. The van der Waals surface area contributed by atoms with Gasteiger partial charge in [0.2, 0.25) is 5.78 Å². The van der Waals surface area contributed by atoms with E-state index in [1.807, 2.05) is 47.9 Å². The summed E-state index contributed by atoms with van der Waals surface area (Å²) < 4.78 is 1.93. The van der Waals surface area contributed by atoms with Gasteiger partial charge in [-0.2, -0.15) is 0 Å². The molecule has 0 spiro atoms. The number of amides is 2. The number of anilines is 2. The Morgan fingerprint density at radius 2 is 1.78 bits per heavy atom. The monoisotopic (exact) mass is 377 g/mol. The van der Waals surface area contributed by atoms with Crippen LogP contribution in [0.1, 0.15) is 5.69 Å². The van der Waals surface area contributed by atoms with E-state index in [2.05, 4.69) is 20.6 Å². The summed E-state index contributed by atoms with van der Waals surface area (Å²) in [4.78, 5) is 21.1. The zero-order valence-electron chi connectivity index (χ0n) is 14.5. The first-order valence-electron chi connectivity index (χ1n) is 8.34. The van der Waals surface area contributed by atoms with E-state index in [0.29, 0.717) is 22.2 Å². The van der Waals surface area contributed by atoms with Crippen molar-refractivity contribution in [1.82, 2.24) is 14.4 Å². The predicted molar refractivity (Wildman–Crippen MR) is 107 cm³/mol. The Kier molecular flexibility index (Phi) is 4.48. The number of carbonyl (C=O) groups is 1. The molecule has 0 aliphatic carbocycles. The fraction of sp³-hybridized carbons (Fsp3) is 0.0500. The number of nitrogens with zero attached hydrogens (tertiary/aromatic N) is 3. The van der Waals surface area contributed by atoms with Gasteiger partial charge in [-0.25, -0.2) is 14.8 Å². The summed E-state index contributed by atoms with van der Waals surface area (Å²) >= 11 is 5.94. The van der Waals surface area contributed by atoms with Gasteiger partial charge in [-0.05, 0) is 43.3 Å². The summed E-state index contributed by atoms with van der Waals surface area (Å²) in [5, 5.41) is 6.15. The standard InChI is InChI=1S/C20H16ClN5O/c1-13-18(25-19-22-9-4-10-26(13)19)14-5-2-7-16(11-14)23-20(27)24-17-8-3-6-15(21)12-17/h2-12H,1H3,(H2,23,24,27). The number of hydrogen-bond acceptors (Lipinski definition) is 3. The Hall–Kier alpha value is -3.38. The molecule has 134 valence electrons. The minimum Gasteiger partial charge on any atom is -0.308 e. The van der Waals surface area contributed by atoms with Gasteiger partial charge in [0, 0.05) is 40.0 Å². The lowest BCUT2D eigenvalue weighted by Crippen LogP contribution is -2.19. The first-order valence-corrected chi connectivity index (χ1v) is 8.71. The molecular formula is C20H16ClN5O. The maximum atomic E-state index is 12.3. The molecule has 2 amide bonds. The molecule has 0 bridgehead atoms. The molecule has 0 unspecified atom stereocenters. The quantitative estimate of drug-likeness (QED) is 0.527. The molecule has 0 aliphatic rings. The number of aromatic nitrogens is 3. The average molecular weight is 378 g/mol. The molecule has 0 radical (unpaired) electrons. The van der Waals surface area contributed by atoms with Crippen molar-refractivity contribution < 1.29 is 4.79 Å². The molecule has 0 saturated carbocycles. The van der Waals surface area contributed by atoms with Gasteiger partial charge in [0.25, 0.3) is 0 Å². The van der Waals surface area contributed by atoms with Crippen molar-refractivity contribution in [3.05, 3.63) is 77.7 Å². The smallest absolute Gasteiger partial charge is 0.308 e. The largest absolute Gasteiger partial charge is 0.323 e. The number of halogens is 1. The Labute approximate surface area is 160 Å². The van der Waals surface area contributed by atoms with Crippen LogP contribution < -0.4 is 10.6 Å². The normalized spacial score (nSPS) is 10.7. The van der Waals surface area contributed by atoms with Crippen LogP contribution in [0, 0.1) is 6.92 Å². The Bertz CT molecular complexity index is 1140. The topological polar surface area (TPSA) is 71.3 Å². The van der Waals surface area contributed by atoms with Gasteiger partial charge in [0.05, 0.1) is 5.69 Å². The summed E-state index contributed by atoms with van der Waals surface area (Å²) in [5.74, 6) is 0.641. The second-order valence-corrected chi connectivity index (χ2v) is 6.44. The van der Waals surface area contributed by atoms with Crippen molar-refractivity contribution in [2.75, 3.05) is 10.6 Å². The van der Waals surface area contributed by atoms with Crippen LogP contribution >= 0.6 is 11.6 Å². The highest BCUT2D eigenvalue weighted by atomic mass is 35.5. The molecule has 7 heteroatoms. The van der Waals surface area contributed by atoms with Crippen LogP contribution in [-0.2, 0) is 0 Å². The first-order chi connectivity index (χ1) is 13.1. The highest BCUT2D eigenvalue weighted by molar-refractivity contribution is 6.30. The van der Waals surface area contributed by atoms with Crippen LogP contribution in [0.2, 0.25) is 5.02 Å². The second kappa shape index (κ2) is 7.09. The number of carbonyl (C=O) groups excluding carboxylic acids is 1. The predicted octanol–water partition coefficient (Wildman–Crippen LogP) is 5.00. The van der Waals surface area contributed by atoms with Gasteiger partial charge >= 0.3 is 6.03 Å². The van der Waals surface area contributed by atoms with E-state index in [1.54, 1.807) is 30.5 Å². The minimum absolute atomic E-state index is 0.345. The fourth-order valence-corrected chi connectivity index (χ4v) is 3.07. The van der Waals surface area contributed by atoms with E-state index < -0.39 is 0 Å². The summed E-state index contributed by atoms with van der Waals surface area (Å²) in [6.45, 7) is 1.99. The lowest BCUT2D eigenvalue weighted by atomic mass is 10.1. The molecule has 2 aromatic heterocycles. The minimum atomic E-state index is -0.345. The van der Waals surface area contributed by atoms with E-state index in [0.717, 1.165) is 17.0 Å². The van der Waals surface area contributed by atoms with E-state index in [4.69, 9.17) is 11.6 Å².